The number of rotatable bonds is 5. The molecule has 3 rings (SSSR count). The third-order valence-corrected chi connectivity index (χ3v) is 3.96. The molecule has 0 aliphatic heterocycles. The first-order valence-electron chi connectivity index (χ1n) is 7.66. The van der Waals surface area contributed by atoms with Crippen LogP contribution in [0.4, 0.5) is 5.69 Å². The van der Waals surface area contributed by atoms with Crippen molar-refractivity contribution in [2.75, 3.05) is 5.73 Å². The summed E-state index contributed by atoms with van der Waals surface area (Å²) < 4.78 is 5.46. The van der Waals surface area contributed by atoms with Gasteiger partial charge in [0.15, 0.2) is 0 Å². The summed E-state index contributed by atoms with van der Waals surface area (Å²) in [7, 11) is 0. The van der Waals surface area contributed by atoms with Gasteiger partial charge in [-0.25, -0.2) is 4.79 Å². The van der Waals surface area contributed by atoms with E-state index in [1.807, 2.05) is 6.07 Å². The molecule has 1 aliphatic rings. The van der Waals surface area contributed by atoms with E-state index in [0.717, 1.165) is 12.8 Å². The predicted molar refractivity (Wildman–Crippen MR) is 91.6 cm³/mol. The molecule has 0 heterocycles. The van der Waals surface area contributed by atoms with Gasteiger partial charge < -0.3 is 15.8 Å². The lowest BCUT2D eigenvalue weighted by Gasteiger charge is -2.18. The average molecular weight is 345 g/mol. The van der Waals surface area contributed by atoms with Gasteiger partial charge >= 0.3 is 5.97 Å². The normalized spacial score (nSPS) is 14.7. The fraction of sp³-hybridized carbons (Fsp3) is 0.222. The van der Waals surface area contributed by atoms with Crippen LogP contribution in [0.2, 0.25) is 5.02 Å². The summed E-state index contributed by atoms with van der Waals surface area (Å²) in [5.74, 6) is -0.992. The van der Waals surface area contributed by atoms with Crippen LogP contribution in [0, 0.1) is 0 Å². The lowest BCUT2D eigenvalue weighted by molar-refractivity contribution is -0.130. The molecule has 0 radical (unpaired) electrons. The lowest BCUT2D eigenvalue weighted by atomic mass is 10.1. The van der Waals surface area contributed by atoms with Crippen molar-refractivity contribution in [1.82, 2.24) is 5.32 Å². The number of benzene rings is 2. The summed E-state index contributed by atoms with van der Waals surface area (Å²) in [4.78, 5) is 24.9. The van der Waals surface area contributed by atoms with E-state index in [0.29, 0.717) is 10.6 Å². The van der Waals surface area contributed by atoms with E-state index in [-0.39, 0.29) is 23.2 Å². The van der Waals surface area contributed by atoms with Gasteiger partial charge in [0.05, 0.1) is 5.56 Å². The molecule has 1 fully saturated rings. The Morgan fingerprint density at radius 2 is 1.88 bits per heavy atom. The minimum atomic E-state index is -1.02. The van der Waals surface area contributed by atoms with E-state index in [1.165, 1.54) is 12.1 Å². The van der Waals surface area contributed by atoms with Gasteiger partial charge in [-0.2, -0.15) is 0 Å². The zero-order valence-electron chi connectivity index (χ0n) is 12.9. The summed E-state index contributed by atoms with van der Waals surface area (Å²) in [6.45, 7) is 0. The molecule has 0 spiro atoms. The Kier molecular flexibility index (Phi) is 4.71. The highest BCUT2D eigenvalue weighted by molar-refractivity contribution is 6.31. The molecular weight excluding hydrogens is 328 g/mol. The summed E-state index contributed by atoms with van der Waals surface area (Å²) >= 11 is 5.84. The van der Waals surface area contributed by atoms with Crippen molar-refractivity contribution >= 4 is 29.2 Å². The smallest absolute Gasteiger partial charge is 0.341 e. The molecule has 0 aromatic heterocycles. The quantitative estimate of drug-likeness (QED) is 0.645. The molecular formula is C18H17ClN2O3. The van der Waals surface area contributed by atoms with E-state index >= 15 is 0 Å². The summed E-state index contributed by atoms with van der Waals surface area (Å²) in [6.07, 6.45) is 0.880. The first-order chi connectivity index (χ1) is 11.5. The largest absolute Gasteiger partial charge is 0.444 e. The third kappa shape index (κ3) is 3.86. The first kappa shape index (κ1) is 16.3. The van der Waals surface area contributed by atoms with Crippen LogP contribution in [0.25, 0.3) is 0 Å². The standard InChI is InChI=1S/C18H17ClN2O3/c19-12-6-9-14(15(20)10-12)18(23)24-16(11-4-2-1-3-5-11)17(22)21-13-7-8-13/h1-6,9-10,13,16H,7-8,20H2,(H,21,22)/t16-/m1/s1. The highest BCUT2D eigenvalue weighted by Crippen LogP contribution is 2.25. The molecule has 2 aromatic carbocycles. The molecule has 0 bridgehead atoms. The maximum atomic E-state index is 12.5. The average Bonchev–Trinajstić information content (AvgIpc) is 3.37. The maximum Gasteiger partial charge on any atom is 0.341 e. The minimum Gasteiger partial charge on any atom is -0.444 e. The number of ether oxygens (including phenoxy) is 1. The number of nitrogen functional groups attached to an aromatic ring is 1. The molecule has 124 valence electrons. The first-order valence-corrected chi connectivity index (χ1v) is 8.03. The number of hydrogen-bond acceptors (Lipinski definition) is 4. The molecule has 1 saturated carbocycles. The SMILES string of the molecule is Nc1cc(Cl)ccc1C(=O)O[C@@H](C(=O)NC1CC1)c1ccccc1. The molecule has 5 nitrogen and oxygen atoms in total. The number of esters is 1. The Morgan fingerprint density at radius 3 is 2.50 bits per heavy atom. The third-order valence-electron chi connectivity index (χ3n) is 3.72. The summed E-state index contributed by atoms with van der Waals surface area (Å²) in [5, 5.41) is 3.29. The number of hydrogen-bond donors (Lipinski definition) is 2. The fourth-order valence-corrected chi connectivity index (χ4v) is 2.48. The van der Waals surface area contributed by atoms with Gasteiger partial charge in [-0.1, -0.05) is 41.9 Å². The van der Waals surface area contributed by atoms with Crippen molar-refractivity contribution in [2.45, 2.75) is 25.0 Å². The van der Waals surface area contributed by atoms with E-state index in [1.54, 1.807) is 30.3 Å². The number of nitrogens with two attached hydrogens (primary N) is 1. The van der Waals surface area contributed by atoms with Crippen molar-refractivity contribution in [1.29, 1.82) is 0 Å². The van der Waals surface area contributed by atoms with Gasteiger partial charge in [0.2, 0.25) is 6.10 Å². The number of amides is 1. The molecule has 0 unspecified atom stereocenters. The summed E-state index contributed by atoms with van der Waals surface area (Å²) in [5.41, 5.74) is 6.82. The molecule has 2 aromatic rings. The van der Waals surface area contributed by atoms with Crippen LogP contribution in [0.3, 0.4) is 0 Å². The number of halogens is 1. The second-order valence-electron chi connectivity index (χ2n) is 5.71. The van der Waals surface area contributed by atoms with Crippen molar-refractivity contribution < 1.29 is 14.3 Å². The Morgan fingerprint density at radius 1 is 1.17 bits per heavy atom. The zero-order chi connectivity index (χ0) is 17.1. The van der Waals surface area contributed by atoms with E-state index in [4.69, 9.17) is 22.1 Å². The Bertz CT molecular complexity index is 760. The van der Waals surface area contributed by atoms with Crippen LogP contribution >= 0.6 is 11.6 Å². The Balaban J connectivity index is 1.82. The number of nitrogens with one attached hydrogen (secondary N) is 1. The van der Waals surface area contributed by atoms with E-state index in [9.17, 15) is 9.59 Å². The Labute approximate surface area is 144 Å². The topological polar surface area (TPSA) is 81.4 Å². The maximum absolute atomic E-state index is 12.5. The highest BCUT2D eigenvalue weighted by Gasteiger charge is 2.31. The Hall–Kier alpha value is -2.53. The molecule has 6 heteroatoms. The van der Waals surface area contributed by atoms with Crippen molar-refractivity contribution in [2.24, 2.45) is 0 Å². The van der Waals surface area contributed by atoms with Crippen LogP contribution in [0.1, 0.15) is 34.9 Å². The number of carbonyl (C=O) groups is 2. The van der Waals surface area contributed by atoms with Gasteiger partial charge in [0, 0.05) is 22.3 Å². The molecule has 1 atom stereocenters. The van der Waals surface area contributed by atoms with Crippen LogP contribution in [-0.2, 0) is 9.53 Å². The van der Waals surface area contributed by atoms with Crippen LogP contribution in [-0.4, -0.2) is 17.9 Å². The number of carbonyl (C=O) groups excluding carboxylic acids is 2. The van der Waals surface area contributed by atoms with E-state index < -0.39 is 12.1 Å². The van der Waals surface area contributed by atoms with Crippen LogP contribution < -0.4 is 11.1 Å². The second kappa shape index (κ2) is 6.93. The van der Waals surface area contributed by atoms with Gasteiger partial charge in [0.1, 0.15) is 0 Å². The van der Waals surface area contributed by atoms with E-state index in [2.05, 4.69) is 5.32 Å². The number of anilines is 1. The zero-order valence-corrected chi connectivity index (χ0v) is 13.6. The molecule has 24 heavy (non-hydrogen) atoms. The van der Waals surface area contributed by atoms with Gasteiger partial charge in [-0.05, 0) is 31.0 Å². The second-order valence-corrected chi connectivity index (χ2v) is 6.15. The van der Waals surface area contributed by atoms with Gasteiger partial charge in [-0.15, -0.1) is 0 Å². The molecule has 0 saturated heterocycles. The summed E-state index contributed by atoms with van der Waals surface area (Å²) in [6, 6.07) is 13.6. The predicted octanol–water partition coefficient (Wildman–Crippen LogP) is 3.10. The van der Waals surface area contributed by atoms with Crippen LogP contribution in [0.5, 0.6) is 0 Å². The molecule has 1 aliphatic carbocycles. The minimum absolute atomic E-state index is 0.169. The highest BCUT2D eigenvalue weighted by atomic mass is 35.5. The monoisotopic (exact) mass is 344 g/mol. The van der Waals surface area contributed by atoms with Crippen molar-refractivity contribution in [3.05, 3.63) is 64.7 Å². The van der Waals surface area contributed by atoms with Gasteiger partial charge in [-0.3, -0.25) is 4.79 Å². The fourth-order valence-electron chi connectivity index (χ4n) is 2.30. The molecule has 1 amide bonds. The van der Waals surface area contributed by atoms with Crippen LogP contribution in [0.15, 0.2) is 48.5 Å². The van der Waals surface area contributed by atoms with Crippen molar-refractivity contribution in [3.8, 4) is 0 Å². The van der Waals surface area contributed by atoms with Crippen molar-refractivity contribution in [3.63, 3.8) is 0 Å². The van der Waals surface area contributed by atoms with Gasteiger partial charge in [0.25, 0.3) is 5.91 Å². The molecule has 3 N–H and O–H groups in total. The lowest BCUT2D eigenvalue weighted by Crippen LogP contribution is -2.33.